The molecule has 0 unspecified atom stereocenters. The molecule has 11 heteroatoms. The molecule has 45 heavy (non-hydrogen) atoms. The van der Waals surface area contributed by atoms with E-state index in [1.807, 2.05) is 54.4 Å². The Morgan fingerprint density at radius 2 is 1.84 bits per heavy atom. The number of esters is 1. The number of anilines is 1. The minimum atomic E-state index is -0.566. The van der Waals surface area contributed by atoms with Crippen LogP contribution in [0.15, 0.2) is 83.0 Å². The molecule has 0 atom stereocenters. The number of ether oxygens (including phenoxy) is 2. The number of halogens is 1. The summed E-state index contributed by atoms with van der Waals surface area (Å²) in [6, 6.07) is 12.8. The fraction of sp³-hybridized carbons (Fsp3) is 0.294. The molecule has 1 aliphatic heterocycles. The van der Waals surface area contributed by atoms with Gasteiger partial charge in [0.15, 0.2) is 5.75 Å². The van der Waals surface area contributed by atoms with E-state index >= 15 is 0 Å². The van der Waals surface area contributed by atoms with Crippen LogP contribution in [0, 0.1) is 5.92 Å². The SMILES string of the molecule is CCOC(=O)c1cc(OCC2CC2)cc(-c2cccc(C3=NN(CC)C(=C4CC4)C(NC(=O)Nc4c(O)cncc4Cl)=C3)c2)c1. The molecule has 2 aromatic carbocycles. The van der Waals surface area contributed by atoms with Gasteiger partial charge in [-0.05, 0) is 92.5 Å². The van der Waals surface area contributed by atoms with Gasteiger partial charge in [-0.3, -0.25) is 9.99 Å². The predicted molar refractivity (Wildman–Crippen MR) is 172 cm³/mol. The smallest absolute Gasteiger partial charge is 0.338 e. The quantitative estimate of drug-likeness (QED) is 0.210. The third-order valence-electron chi connectivity index (χ3n) is 7.62. The van der Waals surface area contributed by atoms with Crippen molar-refractivity contribution in [1.82, 2.24) is 15.3 Å². The lowest BCUT2D eigenvalue weighted by Gasteiger charge is -2.28. The molecule has 2 fully saturated rings. The van der Waals surface area contributed by atoms with Gasteiger partial charge in [0.1, 0.15) is 11.4 Å². The number of allylic oxidation sites excluding steroid dienone is 2. The van der Waals surface area contributed by atoms with Crippen LogP contribution in [-0.4, -0.2) is 52.6 Å². The number of aromatic hydroxyl groups is 1. The maximum Gasteiger partial charge on any atom is 0.338 e. The minimum absolute atomic E-state index is 0.0701. The van der Waals surface area contributed by atoms with E-state index in [0.29, 0.717) is 41.8 Å². The molecule has 10 nitrogen and oxygen atoms in total. The molecular formula is C34H34ClN5O5. The normalized spacial score (nSPS) is 15.7. The number of nitrogens with one attached hydrogen (secondary N) is 2. The minimum Gasteiger partial charge on any atom is -0.504 e. The summed E-state index contributed by atoms with van der Waals surface area (Å²) in [5.41, 5.74) is 6.29. The number of benzene rings is 2. The molecule has 3 N–H and O–H groups in total. The summed E-state index contributed by atoms with van der Waals surface area (Å²) >= 11 is 6.16. The maximum atomic E-state index is 13.1. The van der Waals surface area contributed by atoms with Crippen LogP contribution in [0.25, 0.3) is 11.1 Å². The Hall–Kier alpha value is -4.83. The Balaban J connectivity index is 1.32. The summed E-state index contributed by atoms with van der Waals surface area (Å²) < 4.78 is 11.3. The molecule has 1 aromatic heterocycles. The summed E-state index contributed by atoms with van der Waals surface area (Å²) in [6.45, 7) is 5.27. The van der Waals surface area contributed by atoms with Crippen LogP contribution in [-0.2, 0) is 4.74 Å². The first kappa shape index (κ1) is 30.2. The van der Waals surface area contributed by atoms with Crippen LogP contribution in [0.3, 0.4) is 0 Å². The Labute approximate surface area is 266 Å². The van der Waals surface area contributed by atoms with E-state index in [1.54, 1.807) is 13.0 Å². The van der Waals surface area contributed by atoms with E-state index in [0.717, 1.165) is 48.1 Å². The zero-order valence-electron chi connectivity index (χ0n) is 25.1. The van der Waals surface area contributed by atoms with Gasteiger partial charge in [0.05, 0.1) is 47.1 Å². The molecule has 2 saturated carbocycles. The first-order chi connectivity index (χ1) is 21.8. The van der Waals surface area contributed by atoms with Gasteiger partial charge in [-0.15, -0.1) is 0 Å². The number of carbonyl (C=O) groups is 2. The number of amides is 2. The second-order valence-electron chi connectivity index (χ2n) is 11.1. The zero-order chi connectivity index (χ0) is 31.5. The highest BCUT2D eigenvalue weighted by molar-refractivity contribution is 6.34. The highest BCUT2D eigenvalue weighted by Gasteiger charge is 2.29. The van der Waals surface area contributed by atoms with Crippen LogP contribution < -0.4 is 15.4 Å². The van der Waals surface area contributed by atoms with E-state index in [2.05, 4.69) is 15.6 Å². The number of likely N-dealkylation sites (N-methyl/N-ethyl adjacent to an activating group) is 1. The van der Waals surface area contributed by atoms with Crippen LogP contribution >= 0.6 is 11.6 Å². The summed E-state index contributed by atoms with van der Waals surface area (Å²) in [5.74, 6) is 0.547. The van der Waals surface area contributed by atoms with Crippen LogP contribution in [0.4, 0.5) is 10.5 Å². The van der Waals surface area contributed by atoms with E-state index in [4.69, 9.17) is 26.2 Å². The Kier molecular flexibility index (Phi) is 8.75. The number of pyridine rings is 1. The van der Waals surface area contributed by atoms with Gasteiger partial charge in [0, 0.05) is 18.3 Å². The average Bonchev–Trinajstić information content (AvgIpc) is 3.97. The predicted octanol–water partition coefficient (Wildman–Crippen LogP) is 6.87. The molecule has 3 aliphatic rings. The average molecular weight is 628 g/mol. The summed E-state index contributed by atoms with van der Waals surface area (Å²) in [7, 11) is 0. The Morgan fingerprint density at radius 3 is 2.56 bits per heavy atom. The van der Waals surface area contributed by atoms with Crippen LogP contribution in [0.1, 0.15) is 55.5 Å². The highest BCUT2D eigenvalue weighted by atomic mass is 35.5. The van der Waals surface area contributed by atoms with Gasteiger partial charge in [0.2, 0.25) is 0 Å². The summed E-state index contributed by atoms with van der Waals surface area (Å²) in [4.78, 5) is 29.7. The number of hydrogen-bond donors (Lipinski definition) is 3. The van der Waals surface area contributed by atoms with Crippen molar-refractivity contribution >= 4 is 35.0 Å². The van der Waals surface area contributed by atoms with Gasteiger partial charge >= 0.3 is 12.0 Å². The second kappa shape index (κ2) is 13.0. The number of urea groups is 1. The molecule has 2 heterocycles. The third kappa shape index (κ3) is 7.12. The van der Waals surface area contributed by atoms with Crippen molar-refractivity contribution < 1.29 is 24.2 Å². The Morgan fingerprint density at radius 1 is 1.04 bits per heavy atom. The molecule has 2 aliphatic carbocycles. The summed E-state index contributed by atoms with van der Waals surface area (Å²) in [6.07, 6.45) is 8.56. The largest absolute Gasteiger partial charge is 0.504 e. The zero-order valence-corrected chi connectivity index (χ0v) is 25.9. The van der Waals surface area contributed by atoms with Gasteiger partial charge in [-0.25, -0.2) is 9.59 Å². The lowest BCUT2D eigenvalue weighted by atomic mass is 9.98. The number of hydrazone groups is 1. The van der Waals surface area contributed by atoms with Crippen LogP contribution in [0.5, 0.6) is 11.5 Å². The van der Waals surface area contributed by atoms with E-state index in [-0.39, 0.29) is 23.1 Å². The maximum absolute atomic E-state index is 13.1. The topological polar surface area (TPSA) is 125 Å². The van der Waals surface area contributed by atoms with E-state index < -0.39 is 12.0 Å². The number of rotatable bonds is 10. The lowest BCUT2D eigenvalue weighted by molar-refractivity contribution is 0.0526. The lowest BCUT2D eigenvalue weighted by Crippen LogP contribution is -2.35. The van der Waals surface area contributed by atoms with Crippen molar-refractivity contribution in [2.75, 3.05) is 25.1 Å². The molecule has 232 valence electrons. The first-order valence-electron chi connectivity index (χ1n) is 15.1. The molecular weight excluding hydrogens is 594 g/mol. The molecule has 2 amide bonds. The highest BCUT2D eigenvalue weighted by Crippen LogP contribution is 2.38. The van der Waals surface area contributed by atoms with Crippen molar-refractivity contribution in [3.05, 3.63) is 94.1 Å². The number of aromatic nitrogens is 1. The van der Waals surface area contributed by atoms with Gasteiger partial charge < -0.3 is 25.2 Å². The van der Waals surface area contributed by atoms with Crippen molar-refractivity contribution in [1.29, 1.82) is 0 Å². The van der Waals surface area contributed by atoms with Crippen LogP contribution in [0.2, 0.25) is 5.02 Å². The van der Waals surface area contributed by atoms with Crippen molar-refractivity contribution in [2.45, 2.75) is 39.5 Å². The monoisotopic (exact) mass is 627 g/mol. The van der Waals surface area contributed by atoms with E-state index in [9.17, 15) is 14.7 Å². The van der Waals surface area contributed by atoms with Gasteiger partial charge in [0.25, 0.3) is 0 Å². The van der Waals surface area contributed by atoms with Gasteiger partial charge in [-0.1, -0.05) is 29.8 Å². The molecule has 3 aromatic rings. The van der Waals surface area contributed by atoms with Gasteiger partial charge in [-0.2, -0.15) is 5.10 Å². The second-order valence-corrected chi connectivity index (χ2v) is 11.5. The molecule has 0 radical (unpaired) electrons. The van der Waals surface area contributed by atoms with Crippen molar-refractivity contribution in [3.8, 4) is 22.6 Å². The number of hydrogen-bond acceptors (Lipinski definition) is 8. The molecule has 0 bridgehead atoms. The van der Waals surface area contributed by atoms with E-state index in [1.165, 1.54) is 18.0 Å². The van der Waals surface area contributed by atoms with Crippen molar-refractivity contribution in [2.24, 2.45) is 11.0 Å². The molecule has 0 spiro atoms. The van der Waals surface area contributed by atoms with Crippen molar-refractivity contribution in [3.63, 3.8) is 0 Å². The molecule has 6 rings (SSSR count). The third-order valence-corrected chi connectivity index (χ3v) is 7.90. The number of carbonyl (C=O) groups excluding carboxylic acids is 2. The summed E-state index contributed by atoms with van der Waals surface area (Å²) in [5, 5.41) is 22.7. The first-order valence-corrected chi connectivity index (χ1v) is 15.5. The standard InChI is InChI=1S/C34H34ClN5O5/c1-3-40-32(21-10-11-21)29(37-34(43)38-31-27(35)17-36-18-30(31)41)16-28(39-40)23-7-5-6-22(12-23)24-13-25(33(42)44-4-2)15-26(14-24)45-19-20-8-9-20/h5-7,12-18,20,41H,3-4,8-11,19H2,1-2H3,(H2,36,37,38,43). The number of nitrogens with zero attached hydrogens (tertiary/aromatic N) is 3. The Bertz CT molecular complexity index is 1720. The molecule has 0 saturated heterocycles. The fourth-order valence-corrected chi connectivity index (χ4v) is 5.24. The fourth-order valence-electron chi connectivity index (χ4n) is 5.04.